The van der Waals surface area contributed by atoms with Crippen LogP contribution in [0.25, 0.3) is 0 Å². The highest BCUT2D eigenvalue weighted by molar-refractivity contribution is 6.02. The lowest BCUT2D eigenvalue weighted by Crippen LogP contribution is -2.07. The Morgan fingerprint density at radius 1 is 1.64 bits per heavy atom. The Hall–Kier alpha value is -2.24. The largest absolute Gasteiger partial charge is 0.515 e. The lowest BCUT2D eigenvalue weighted by atomic mass is 10.4. The Morgan fingerprint density at radius 2 is 2.43 bits per heavy atom. The van der Waals surface area contributed by atoms with E-state index in [1.807, 2.05) is 0 Å². The van der Waals surface area contributed by atoms with Gasteiger partial charge in [-0.2, -0.15) is 0 Å². The van der Waals surface area contributed by atoms with Gasteiger partial charge in [-0.1, -0.05) is 0 Å². The van der Waals surface area contributed by atoms with Gasteiger partial charge in [-0.15, -0.1) is 0 Å². The van der Waals surface area contributed by atoms with Gasteiger partial charge in [-0.25, -0.2) is 14.8 Å². The first-order valence-corrected chi connectivity index (χ1v) is 3.65. The molecule has 0 unspecified atom stereocenters. The minimum absolute atomic E-state index is 0.00246. The van der Waals surface area contributed by atoms with Crippen molar-refractivity contribution in [2.24, 2.45) is 4.99 Å². The van der Waals surface area contributed by atoms with Gasteiger partial charge in [0.15, 0.2) is 6.29 Å². The molecule has 1 aromatic rings. The maximum Gasteiger partial charge on any atom is 0.346 e. The van der Waals surface area contributed by atoms with Crippen LogP contribution in [0.3, 0.4) is 0 Å². The molecule has 0 saturated carbocycles. The second kappa shape index (κ2) is 4.70. The Labute approximate surface area is 78.7 Å². The quantitative estimate of drug-likeness (QED) is 0.308. The number of aromatic amines is 1. The summed E-state index contributed by atoms with van der Waals surface area (Å²) >= 11 is 0. The smallest absolute Gasteiger partial charge is 0.346 e. The number of nitrogens with zero attached hydrogens (tertiary/aromatic N) is 2. The zero-order chi connectivity index (χ0) is 10.4. The molecule has 6 heteroatoms. The van der Waals surface area contributed by atoms with E-state index >= 15 is 0 Å². The van der Waals surface area contributed by atoms with Gasteiger partial charge in [-0.05, 0) is 6.07 Å². The van der Waals surface area contributed by atoms with Crippen LogP contribution in [-0.2, 0) is 4.79 Å². The number of rotatable bonds is 3. The van der Waals surface area contributed by atoms with Gasteiger partial charge < -0.3 is 5.11 Å². The van der Waals surface area contributed by atoms with Crippen molar-refractivity contribution in [3.05, 3.63) is 34.6 Å². The molecule has 0 fully saturated rings. The monoisotopic (exact) mass is 193 g/mol. The van der Waals surface area contributed by atoms with Gasteiger partial charge in [0.05, 0.1) is 11.8 Å². The van der Waals surface area contributed by atoms with Crippen LogP contribution in [0.5, 0.6) is 0 Å². The van der Waals surface area contributed by atoms with Crippen molar-refractivity contribution >= 4 is 18.3 Å². The van der Waals surface area contributed by atoms with E-state index in [0.29, 0.717) is 12.5 Å². The molecule has 1 rings (SSSR count). The zero-order valence-electron chi connectivity index (χ0n) is 7.04. The molecule has 0 aliphatic rings. The van der Waals surface area contributed by atoms with Crippen LogP contribution in [0.1, 0.15) is 0 Å². The average Bonchev–Trinajstić information content (AvgIpc) is 2.19. The van der Waals surface area contributed by atoms with Crippen LogP contribution in [0.2, 0.25) is 0 Å². The summed E-state index contributed by atoms with van der Waals surface area (Å²) in [5, 5.41) is 8.49. The molecule has 0 radical (unpaired) electrons. The molecule has 0 aliphatic carbocycles. The van der Waals surface area contributed by atoms with E-state index < -0.39 is 5.69 Å². The first kappa shape index (κ1) is 9.85. The van der Waals surface area contributed by atoms with Gasteiger partial charge in [0.25, 0.3) is 0 Å². The van der Waals surface area contributed by atoms with Crippen molar-refractivity contribution in [1.29, 1.82) is 0 Å². The molecular weight excluding hydrogens is 186 g/mol. The molecule has 0 spiro atoms. The van der Waals surface area contributed by atoms with Gasteiger partial charge in [0, 0.05) is 12.4 Å². The molecule has 72 valence electrons. The third-order valence-corrected chi connectivity index (χ3v) is 1.30. The highest BCUT2D eigenvalue weighted by Gasteiger charge is 1.91. The highest BCUT2D eigenvalue weighted by Crippen LogP contribution is 2.00. The van der Waals surface area contributed by atoms with Crippen molar-refractivity contribution < 1.29 is 9.90 Å². The van der Waals surface area contributed by atoms with E-state index in [0.717, 1.165) is 6.21 Å². The summed E-state index contributed by atoms with van der Waals surface area (Å²) in [6, 6.07) is 1.46. The first-order valence-electron chi connectivity index (χ1n) is 3.65. The number of aliphatic hydroxyl groups is 1. The predicted octanol–water partition coefficient (Wildman–Crippen LogP) is 0.113. The van der Waals surface area contributed by atoms with Crippen LogP contribution < -0.4 is 5.69 Å². The fourth-order valence-electron chi connectivity index (χ4n) is 0.673. The second-order valence-electron chi connectivity index (χ2n) is 2.27. The second-order valence-corrected chi connectivity index (χ2v) is 2.27. The Balaban J connectivity index is 2.88. The molecule has 14 heavy (non-hydrogen) atoms. The SMILES string of the molecule is O=CC(=C\O)/C=N/c1ccnc(=O)[nH]1. The number of hydrogen-bond acceptors (Lipinski definition) is 5. The lowest BCUT2D eigenvalue weighted by molar-refractivity contribution is -0.104. The van der Waals surface area contributed by atoms with Crippen LogP contribution in [-0.4, -0.2) is 27.6 Å². The summed E-state index contributed by atoms with van der Waals surface area (Å²) in [5.74, 6) is 0.256. The number of carbonyl (C=O) groups is 1. The number of carbonyl (C=O) groups excluding carboxylic acids is 1. The van der Waals surface area contributed by atoms with Gasteiger partial charge >= 0.3 is 5.69 Å². The summed E-state index contributed by atoms with van der Waals surface area (Å²) in [6.45, 7) is 0. The number of aromatic nitrogens is 2. The normalized spacial score (nSPS) is 11.9. The standard InChI is InChI=1S/C8H7N3O3/c12-4-6(5-13)3-10-7-1-2-9-8(14)11-7/h1-5,12H,(H,9,11,14)/b6-4-,10-3+. The number of aliphatic hydroxyl groups excluding tert-OH is 1. The number of aldehydes is 1. The van der Waals surface area contributed by atoms with E-state index in [4.69, 9.17) is 5.11 Å². The van der Waals surface area contributed by atoms with Crippen molar-refractivity contribution in [2.45, 2.75) is 0 Å². The molecule has 0 saturated heterocycles. The molecule has 0 aromatic carbocycles. The summed E-state index contributed by atoms with van der Waals surface area (Å²) in [4.78, 5) is 30.4. The number of nitrogens with one attached hydrogen (secondary N) is 1. The minimum atomic E-state index is -0.528. The van der Waals surface area contributed by atoms with Crippen LogP contribution in [0, 0.1) is 0 Å². The third-order valence-electron chi connectivity index (χ3n) is 1.30. The van der Waals surface area contributed by atoms with E-state index in [1.54, 1.807) is 0 Å². The van der Waals surface area contributed by atoms with Gasteiger partial charge in [0.2, 0.25) is 0 Å². The molecule has 6 nitrogen and oxygen atoms in total. The maximum absolute atomic E-state index is 10.7. The van der Waals surface area contributed by atoms with E-state index in [1.165, 1.54) is 12.3 Å². The number of H-pyrrole nitrogens is 1. The number of hydrogen-bond donors (Lipinski definition) is 2. The molecule has 2 N–H and O–H groups in total. The zero-order valence-corrected chi connectivity index (χ0v) is 7.04. The molecule has 1 heterocycles. The Kier molecular flexibility index (Phi) is 3.31. The maximum atomic E-state index is 10.7. The Bertz CT molecular complexity index is 433. The molecule has 0 atom stereocenters. The molecule has 0 amide bonds. The average molecular weight is 193 g/mol. The van der Waals surface area contributed by atoms with Crippen molar-refractivity contribution in [3.63, 3.8) is 0 Å². The highest BCUT2D eigenvalue weighted by atomic mass is 16.2. The van der Waals surface area contributed by atoms with E-state index in [-0.39, 0.29) is 11.4 Å². The summed E-state index contributed by atoms with van der Waals surface area (Å²) in [5.41, 5.74) is -0.525. The van der Waals surface area contributed by atoms with Crippen molar-refractivity contribution in [1.82, 2.24) is 9.97 Å². The summed E-state index contributed by atoms with van der Waals surface area (Å²) < 4.78 is 0. The predicted molar refractivity (Wildman–Crippen MR) is 49.8 cm³/mol. The summed E-state index contributed by atoms with van der Waals surface area (Å²) in [6.07, 6.45) is 3.46. The fraction of sp³-hybridized carbons (Fsp3) is 0. The van der Waals surface area contributed by atoms with Gasteiger partial charge in [-0.3, -0.25) is 9.78 Å². The minimum Gasteiger partial charge on any atom is -0.515 e. The number of aliphatic imine (C=N–C) groups is 1. The van der Waals surface area contributed by atoms with E-state index in [9.17, 15) is 9.59 Å². The molecular formula is C8H7N3O3. The Morgan fingerprint density at radius 3 is 3.00 bits per heavy atom. The van der Waals surface area contributed by atoms with Gasteiger partial charge in [0.1, 0.15) is 5.82 Å². The lowest BCUT2D eigenvalue weighted by Gasteiger charge is -1.90. The molecule has 0 aliphatic heterocycles. The molecule has 0 bridgehead atoms. The van der Waals surface area contributed by atoms with Crippen molar-refractivity contribution in [2.75, 3.05) is 0 Å². The first-order chi connectivity index (χ1) is 6.76. The third kappa shape index (κ3) is 2.67. The van der Waals surface area contributed by atoms with E-state index in [2.05, 4.69) is 15.0 Å². The molecule has 1 aromatic heterocycles. The number of allylic oxidation sites excluding steroid dienone is 1. The van der Waals surface area contributed by atoms with Crippen LogP contribution in [0.4, 0.5) is 5.82 Å². The fourth-order valence-corrected chi connectivity index (χ4v) is 0.673. The topological polar surface area (TPSA) is 95.4 Å². The van der Waals surface area contributed by atoms with Crippen molar-refractivity contribution in [3.8, 4) is 0 Å². The van der Waals surface area contributed by atoms with Crippen LogP contribution >= 0.6 is 0 Å². The summed E-state index contributed by atoms with van der Waals surface area (Å²) in [7, 11) is 0. The van der Waals surface area contributed by atoms with Crippen LogP contribution in [0.15, 0.2) is 33.9 Å².